The lowest BCUT2D eigenvalue weighted by atomic mass is 10.4. The Kier molecular flexibility index (Phi) is 1.46. The van der Waals surface area contributed by atoms with E-state index in [1.165, 1.54) is 0 Å². The fourth-order valence-corrected chi connectivity index (χ4v) is 1.21. The molecule has 0 N–H and O–H groups in total. The van der Waals surface area contributed by atoms with Crippen molar-refractivity contribution >= 4 is 5.65 Å². The lowest BCUT2D eigenvalue weighted by Crippen LogP contribution is -1.94. The molecule has 0 saturated heterocycles. The Labute approximate surface area is 69.8 Å². The molecule has 0 aromatic carbocycles. The zero-order chi connectivity index (χ0) is 8.55. The molecular weight excluding hydrogens is 154 g/mol. The average Bonchev–Trinajstić information content (AvgIpc) is 2.48. The maximum absolute atomic E-state index is 5.15. The summed E-state index contributed by atoms with van der Waals surface area (Å²) in [6.45, 7) is 1.89. The highest BCUT2D eigenvalue weighted by Gasteiger charge is 2.03. The van der Waals surface area contributed by atoms with E-state index in [0.717, 1.165) is 17.4 Å². The summed E-state index contributed by atoms with van der Waals surface area (Å²) in [5.41, 5.74) is 0.812. The van der Waals surface area contributed by atoms with Gasteiger partial charge in [-0.3, -0.25) is 0 Å². The minimum absolute atomic E-state index is 0.759. The molecule has 2 aromatic heterocycles. The second kappa shape index (κ2) is 2.48. The number of methoxy groups -OCH3 is 1. The molecule has 0 aliphatic heterocycles. The first kappa shape index (κ1) is 7.09. The number of hydrogen-bond acceptors (Lipinski definition) is 3. The first-order valence-corrected chi connectivity index (χ1v) is 3.67. The van der Waals surface area contributed by atoms with Crippen LogP contribution in [-0.4, -0.2) is 21.7 Å². The van der Waals surface area contributed by atoms with Crippen molar-refractivity contribution in [2.45, 2.75) is 6.92 Å². The quantitative estimate of drug-likeness (QED) is 0.630. The molecule has 0 atom stereocenters. The molecule has 0 saturated carbocycles. The highest BCUT2D eigenvalue weighted by molar-refractivity contribution is 5.41. The van der Waals surface area contributed by atoms with Gasteiger partial charge in [0.25, 0.3) is 0 Å². The Morgan fingerprint density at radius 3 is 2.92 bits per heavy atom. The third-order valence-electron chi connectivity index (χ3n) is 1.76. The van der Waals surface area contributed by atoms with Gasteiger partial charge in [-0.05, 0) is 19.1 Å². The van der Waals surface area contributed by atoms with E-state index in [1.807, 2.05) is 29.5 Å². The van der Waals surface area contributed by atoms with E-state index >= 15 is 0 Å². The van der Waals surface area contributed by atoms with Crippen LogP contribution in [0.2, 0.25) is 0 Å². The van der Waals surface area contributed by atoms with E-state index < -0.39 is 0 Å². The maximum atomic E-state index is 5.15. The molecule has 4 heteroatoms. The van der Waals surface area contributed by atoms with Crippen molar-refractivity contribution in [1.82, 2.24) is 14.6 Å². The first-order chi connectivity index (χ1) is 5.83. The summed E-state index contributed by atoms with van der Waals surface area (Å²) in [6.07, 6.45) is 0. The van der Waals surface area contributed by atoms with Crippen LogP contribution in [0.1, 0.15) is 5.82 Å². The van der Waals surface area contributed by atoms with Gasteiger partial charge in [0, 0.05) is 0 Å². The standard InChI is InChI=1S/C8H9N3O/c1-6-9-10-7-4-3-5-8(12-2)11(6)7/h3-5H,1-2H3. The molecule has 0 unspecified atom stereocenters. The lowest BCUT2D eigenvalue weighted by Gasteiger charge is -2.02. The number of rotatable bonds is 1. The molecule has 2 aromatic rings. The number of fused-ring (bicyclic) bond motifs is 1. The van der Waals surface area contributed by atoms with Crippen molar-refractivity contribution < 1.29 is 4.74 Å². The monoisotopic (exact) mass is 163 g/mol. The number of ether oxygens (including phenoxy) is 1. The Balaban J connectivity index is 2.84. The van der Waals surface area contributed by atoms with Gasteiger partial charge in [0.05, 0.1) is 7.11 Å². The van der Waals surface area contributed by atoms with E-state index in [9.17, 15) is 0 Å². The van der Waals surface area contributed by atoms with Crippen LogP contribution in [0.15, 0.2) is 18.2 Å². The fraction of sp³-hybridized carbons (Fsp3) is 0.250. The summed E-state index contributed by atoms with van der Waals surface area (Å²) >= 11 is 0. The molecule has 62 valence electrons. The highest BCUT2D eigenvalue weighted by atomic mass is 16.5. The minimum atomic E-state index is 0.759. The van der Waals surface area contributed by atoms with Gasteiger partial charge in [0.2, 0.25) is 0 Å². The molecule has 4 nitrogen and oxygen atoms in total. The maximum Gasteiger partial charge on any atom is 0.200 e. The molecule has 12 heavy (non-hydrogen) atoms. The van der Waals surface area contributed by atoms with Crippen LogP contribution in [0.3, 0.4) is 0 Å². The fourth-order valence-electron chi connectivity index (χ4n) is 1.21. The molecule has 0 spiro atoms. The number of aryl methyl sites for hydroxylation is 1. The van der Waals surface area contributed by atoms with Crippen LogP contribution < -0.4 is 4.74 Å². The number of pyridine rings is 1. The van der Waals surface area contributed by atoms with Gasteiger partial charge in [-0.1, -0.05) is 6.07 Å². The number of hydrogen-bond donors (Lipinski definition) is 0. The van der Waals surface area contributed by atoms with Crippen LogP contribution >= 0.6 is 0 Å². The van der Waals surface area contributed by atoms with Gasteiger partial charge in [-0.2, -0.15) is 0 Å². The summed E-state index contributed by atoms with van der Waals surface area (Å²) in [5, 5.41) is 7.90. The molecule has 0 bridgehead atoms. The molecule has 0 aliphatic rings. The molecule has 0 fully saturated rings. The second-order valence-corrected chi connectivity index (χ2v) is 2.51. The summed E-state index contributed by atoms with van der Waals surface area (Å²) in [5.74, 6) is 1.59. The second-order valence-electron chi connectivity index (χ2n) is 2.51. The smallest absolute Gasteiger partial charge is 0.200 e. The largest absolute Gasteiger partial charge is 0.482 e. The normalized spacial score (nSPS) is 10.5. The van der Waals surface area contributed by atoms with Crippen molar-refractivity contribution in [3.8, 4) is 5.88 Å². The van der Waals surface area contributed by atoms with Crippen molar-refractivity contribution in [3.05, 3.63) is 24.0 Å². The van der Waals surface area contributed by atoms with Crippen LogP contribution in [0.25, 0.3) is 5.65 Å². The summed E-state index contributed by atoms with van der Waals surface area (Å²) in [4.78, 5) is 0. The van der Waals surface area contributed by atoms with Crippen molar-refractivity contribution in [3.63, 3.8) is 0 Å². The first-order valence-electron chi connectivity index (χ1n) is 3.67. The molecule has 0 aliphatic carbocycles. The van der Waals surface area contributed by atoms with Gasteiger partial charge >= 0.3 is 0 Å². The number of nitrogens with zero attached hydrogens (tertiary/aromatic N) is 3. The molecule has 0 amide bonds. The predicted octanol–water partition coefficient (Wildman–Crippen LogP) is 1.05. The van der Waals surface area contributed by atoms with Gasteiger partial charge in [-0.15, -0.1) is 10.2 Å². The van der Waals surface area contributed by atoms with Gasteiger partial charge < -0.3 is 4.74 Å². The van der Waals surface area contributed by atoms with Gasteiger partial charge in [0.15, 0.2) is 11.5 Å². The van der Waals surface area contributed by atoms with E-state index in [4.69, 9.17) is 4.74 Å². The summed E-state index contributed by atoms with van der Waals surface area (Å²) < 4.78 is 7.01. The molecule has 0 radical (unpaired) electrons. The zero-order valence-electron chi connectivity index (χ0n) is 6.98. The van der Waals surface area contributed by atoms with Crippen LogP contribution in [0.5, 0.6) is 5.88 Å². The van der Waals surface area contributed by atoms with E-state index in [-0.39, 0.29) is 0 Å². The molecule has 2 heterocycles. The van der Waals surface area contributed by atoms with Crippen LogP contribution in [0, 0.1) is 6.92 Å². The lowest BCUT2D eigenvalue weighted by molar-refractivity contribution is 0.391. The van der Waals surface area contributed by atoms with E-state index in [1.54, 1.807) is 7.11 Å². The Morgan fingerprint density at radius 2 is 2.17 bits per heavy atom. The van der Waals surface area contributed by atoms with Gasteiger partial charge in [-0.25, -0.2) is 4.40 Å². The third kappa shape index (κ3) is 0.845. The van der Waals surface area contributed by atoms with Crippen molar-refractivity contribution in [2.75, 3.05) is 7.11 Å². The van der Waals surface area contributed by atoms with Crippen LogP contribution in [-0.2, 0) is 0 Å². The minimum Gasteiger partial charge on any atom is -0.482 e. The third-order valence-corrected chi connectivity index (χ3v) is 1.76. The Morgan fingerprint density at radius 1 is 1.33 bits per heavy atom. The van der Waals surface area contributed by atoms with Crippen molar-refractivity contribution in [1.29, 1.82) is 0 Å². The Bertz CT molecular complexity index is 408. The highest BCUT2D eigenvalue weighted by Crippen LogP contribution is 2.13. The molecular formula is C8H9N3O. The zero-order valence-corrected chi connectivity index (χ0v) is 6.98. The Hall–Kier alpha value is -1.58. The van der Waals surface area contributed by atoms with Crippen molar-refractivity contribution in [2.24, 2.45) is 0 Å². The van der Waals surface area contributed by atoms with Crippen LogP contribution in [0.4, 0.5) is 0 Å². The topological polar surface area (TPSA) is 39.4 Å². The SMILES string of the molecule is COc1cccc2nnc(C)n12. The predicted molar refractivity (Wildman–Crippen MR) is 44.3 cm³/mol. The van der Waals surface area contributed by atoms with E-state index in [0.29, 0.717) is 0 Å². The van der Waals surface area contributed by atoms with E-state index in [2.05, 4.69) is 10.2 Å². The summed E-state index contributed by atoms with van der Waals surface area (Å²) in [7, 11) is 1.63. The average molecular weight is 163 g/mol. The summed E-state index contributed by atoms with van der Waals surface area (Å²) in [6, 6.07) is 5.66. The number of aromatic nitrogens is 3. The molecule has 2 rings (SSSR count). The van der Waals surface area contributed by atoms with Gasteiger partial charge in [0.1, 0.15) is 5.82 Å².